The fraction of sp³-hybridized carbons (Fsp3) is 0.261. The number of methoxy groups -OCH3 is 2. The molecule has 0 amide bonds. The number of rotatable bonds is 8. The molecule has 164 valence electrons. The second-order valence-electron chi connectivity index (χ2n) is 7.39. The van der Waals surface area contributed by atoms with Crippen LogP contribution in [-0.4, -0.2) is 34.0 Å². The van der Waals surface area contributed by atoms with Crippen molar-refractivity contribution in [3.63, 3.8) is 0 Å². The summed E-state index contributed by atoms with van der Waals surface area (Å²) in [6.07, 6.45) is 2.12. The zero-order valence-corrected chi connectivity index (χ0v) is 19.3. The van der Waals surface area contributed by atoms with Crippen LogP contribution < -0.4 is 9.47 Å². The summed E-state index contributed by atoms with van der Waals surface area (Å²) in [5, 5.41) is 12.4. The minimum atomic E-state index is -0.282. The van der Waals surface area contributed by atoms with Crippen molar-refractivity contribution in [2.24, 2.45) is 0 Å². The van der Waals surface area contributed by atoms with Crippen LogP contribution in [-0.2, 0) is 5.75 Å². The topological polar surface area (TPSA) is 62.1 Å². The number of ether oxygens (including phenoxy) is 2. The molecule has 2 aromatic carbocycles. The summed E-state index contributed by atoms with van der Waals surface area (Å²) in [6, 6.07) is 12.8. The Hall–Kier alpha value is -2.91. The molecule has 0 saturated heterocycles. The number of hydrogen-bond acceptors (Lipinski definition) is 7. The number of hydrogen-bond donors (Lipinski definition) is 0. The van der Waals surface area contributed by atoms with E-state index in [1.165, 1.54) is 6.07 Å². The summed E-state index contributed by atoms with van der Waals surface area (Å²) in [5.41, 5.74) is 2.37. The summed E-state index contributed by atoms with van der Waals surface area (Å²) in [6.45, 7) is 0. The lowest BCUT2D eigenvalue weighted by Gasteiger charge is -2.09. The molecule has 32 heavy (non-hydrogen) atoms. The van der Waals surface area contributed by atoms with E-state index in [4.69, 9.17) is 14.5 Å². The number of benzene rings is 2. The van der Waals surface area contributed by atoms with Gasteiger partial charge in [-0.3, -0.25) is 4.57 Å². The minimum absolute atomic E-state index is 0.282. The highest BCUT2D eigenvalue weighted by molar-refractivity contribution is 7.98. The Balaban J connectivity index is 1.37. The van der Waals surface area contributed by atoms with E-state index in [0.29, 0.717) is 23.2 Å². The maximum atomic E-state index is 14.4. The van der Waals surface area contributed by atoms with Crippen molar-refractivity contribution in [1.82, 2.24) is 19.7 Å². The van der Waals surface area contributed by atoms with Gasteiger partial charge in [0, 0.05) is 23.2 Å². The van der Waals surface area contributed by atoms with Crippen LogP contribution >= 0.6 is 23.1 Å². The molecule has 0 unspecified atom stereocenters. The Morgan fingerprint density at radius 1 is 1.09 bits per heavy atom. The monoisotopic (exact) mass is 468 g/mol. The van der Waals surface area contributed by atoms with Crippen molar-refractivity contribution in [2.45, 2.75) is 29.8 Å². The number of aromatic nitrogens is 4. The molecule has 9 heteroatoms. The normalized spacial score (nSPS) is 13.3. The fourth-order valence-electron chi connectivity index (χ4n) is 3.47. The standard InChI is InChI=1S/C23H21FN4O2S2/c1-29-16-9-10-18(20(11-16)30-2)22-25-14(12-31-22)13-32-23-27-26-21(28(23)15-7-8-15)17-5-3-4-6-19(17)24/h3-6,9-12,15H,7-8,13H2,1-2H3. The van der Waals surface area contributed by atoms with E-state index in [2.05, 4.69) is 14.8 Å². The van der Waals surface area contributed by atoms with Gasteiger partial charge < -0.3 is 9.47 Å². The Morgan fingerprint density at radius 3 is 2.69 bits per heavy atom. The van der Waals surface area contributed by atoms with Gasteiger partial charge in [-0.05, 0) is 37.1 Å². The molecule has 5 rings (SSSR count). The first kappa shape index (κ1) is 21.0. The van der Waals surface area contributed by atoms with Crippen LogP contribution in [0.4, 0.5) is 4.39 Å². The van der Waals surface area contributed by atoms with Gasteiger partial charge in [-0.25, -0.2) is 9.37 Å². The molecule has 0 aliphatic heterocycles. The third-order valence-corrected chi connectivity index (χ3v) is 7.13. The zero-order chi connectivity index (χ0) is 22.1. The zero-order valence-electron chi connectivity index (χ0n) is 17.6. The molecule has 1 aliphatic carbocycles. The first-order valence-corrected chi connectivity index (χ1v) is 12.0. The van der Waals surface area contributed by atoms with Crippen molar-refractivity contribution in [3.05, 3.63) is 59.4 Å². The molecule has 2 heterocycles. The van der Waals surface area contributed by atoms with Gasteiger partial charge in [0.2, 0.25) is 0 Å². The maximum absolute atomic E-state index is 14.4. The number of thioether (sulfide) groups is 1. The Morgan fingerprint density at radius 2 is 1.94 bits per heavy atom. The molecule has 0 N–H and O–H groups in total. The van der Waals surface area contributed by atoms with Gasteiger partial charge in [-0.15, -0.1) is 21.5 Å². The summed E-state index contributed by atoms with van der Waals surface area (Å²) in [7, 11) is 3.27. The largest absolute Gasteiger partial charge is 0.497 e. The number of halogens is 1. The predicted octanol–water partition coefficient (Wildman–Crippen LogP) is 5.85. The molecule has 6 nitrogen and oxygen atoms in total. The van der Waals surface area contributed by atoms with E-state index in [1.807, 2.05) is 29.6 Å². The van der Waals surface area contributed by atoms with Crippen LogP contribution in [0.15, 0.2) is 53.0 Å². The minimum Gasteiger partial charge on any atom is -0.497 e. The lowest BCUT2D eigenvalue weighted by atomic mass is 10.2. The van der Waals surface area contributed by atoms with Gasteiger partial charge >= 0.3 is 0 Å². The number of nitrogens with zero attached hydrogens (tertiary/aromatic N) is 4. The van der Waals surface area contributed by atoms with E-state index >= 15 is 0 Å². The van der Waals surface area contributed by atoms with Crippen LogP contribution in [0.25, 0.3) is 22.0 Å². The average Bonchev–Trinajstić information content (AvgIpc) is 3.40. The van der Waals surface area contributed by atoms with E-state index in [0.717, 1.165) is 45.8 Å². The van der Waals surface area contributed by atoms with Crippen LogP contribution in [0.1, 0.15) is 24.6 Å². The first-order chi connectivity index (χ1) is 15.7. The van der Waals surface area contributed by atoms with Crippen molar-refractivity contribution in [3.8, 4) is 33.5 Å². The maximum Gasteiger partial charge on any atom is 0.192 e. The molecular weight excluding hydrogens is 447 g/mol. The molecule has 1 fully saturated rings. The molecule has 4 aromatic rings. The lowest BCUT2D eigenvalue weighted by Crippen LogP contribution is -2.01. The lowest BCUT2D eigenvalue weighted by molar-refractivity contribution is 0.395. The number of thiazole rings is 1. The molecule has 1 aliphatic rings. The molecule has 0 atom stereocenters. The van der Waals surface area contributed by atoms with Gasteiger partial charge in [0.05, 0.1) is 31.0 Å². The van der Waals surface area contributed by atoms with Crippen molar-refractivity contribution in [1.29, 1.82) is 0 Å². The van der Waals surface area contributed by atoms with E-state index in [9.17, 15) is 4.39 Å². The molecule has 0 radical (unpaired) electrons. The predicted molar refractivity (Wildman–Crippen MR) is 124 cm³/mol. The highest BCUT2D eigenvalue weighted by Crippen LogP contribution is 2.42. The summed E-state index contributed by atoms with van der Waals surface area (Å²) >= 11 is 3.14. The van der Waals surface area contributed by atoms with E-state index in [-0.39, 0.29) is 5.82 Å². The SMILES string of the molecule is COc1ccc(-c2nc(CSc3nnc(-c4ccccc4F)n3C3CC3)cs2)c(OC)c1. The molecule has 1 saturated carbocycles. The van der Waals surface area contributed by atoms with Gasteiger partial charge in [0.25, 0.3) is 0 Å². The third kappa shape index (κ3) is 4.10. The molecule has 0 spiro atoms. The Kier molecular flexibility index (Phi) is 5.84. The Bertz CT molecular complexity index is 1250. The summed E-state index contributed by atoms with van der Waals surface area (Å²) in [4.78, 5) is 4.79. The first-order valence-electron chi connectivity index (χ1n) is 10.2. The summed E-state index contributed by atoms with van der Waals surface area (Å²) < 4.78 is 27.2. The second-order valence-corrected chi connectivity index (χ2v) is 9.19. The smallest absolute Gasteiger partial charge is 0.192 e. The van der Waals surface area contributed by atoms with Crippen LogP contribution in [0.2, 0.25) is 0 Å². The van der Waals surface area contributed by atoms with Crippen molar-refractivity contribution in [2.75, 3.05) is 14.2 Å². The van der Waals surface area contributed by atoms with Crippen LogP contribution in [0.5, 0.6) is 11.5 Å². The van der Waals surface area contributed by atoms with Crippen molar-refractivity contribution >= 4 is 23.1 Å². The van der Waals surface area contributed by atoms with Crippen LogP contribution in [0.3, 0.4) is 0 Å². The van der Waals surface area contributed by atoms with Gasteiger partial charge in [-0.2, -0.15) is 0 Å². The third-order valence-electron chi connectivity index (χ3n) is 5.23. The van der Waals surface area contributed by atoms with Crippen molar-refractivity contribution < 1.29 is 13.9 Å². The summed E-state index contributed by atoms with van der Waals surface area (Å²) in [5.74, 6) is 2.42. The van der Waals surface area contributed by atoms with Gasteiger partial charge in [0.1, 0.15) is 22.3 Å². The van der Waals surface area contributed by atoms with Gasteiger partial charge in [-0.1, -0.05) is 23.9 Å². The highest BCUT2D eigenvalue weighted by atomic mass is 32.2. The average molecular weight is 469 g/mol. The second kappa shape index (κ2) is 8.91. The van der Waals surface area contributed by atoms with Crippen LogP contribution in [0, 0.1) is 5.82 Å². The fourth-order valence-corrected chi connectivity index (χ4v) is 5.33. The molecule has 0 bridgehead atoms. The molecule has 2 aromatic heterocycles. The van der Waals surface area contributed by atoms with E-state index in [1.54, 1.807) is 49.5 Å². The molecular formula is C23H21FN4O2S2. The van der Waals surface area contributed by atoms with Gasteiger partial charge in [0.15, 0.2) is 11.0 Å². The quantitative estimate of drug-likeness (QED) is 0.302. The Labute approximate surface area is 193 Å². The highest BCUT2D eigenvalue weighted by Gasteiger charge is 2.31. The van der Waals surface area contributed by atoms with E-state index < -0.39 is 0 Å².